The predicted octanol–water partition coefficient (Wildman–Crippen LogP) is 21.9. The van der Waals surface area contributed by atoms with Gasteiger partial charge in [0.05, 0.1) is 33.4 Å². The van der Waals surface area contributed by atoms with Gasteiger partial charge in [-0.05, 0) is 148 Å². The lowest BCUT2D eigenvalue weighted by Crippen LogP contribution is -2.59. The van der Waals surface area contributed by atoms with Crippen LogP contribution in [-0.4, -0.2) is 15.8 Å². The second kappa shape index (κ2) is 20.7. The van der Waals surface area contributed by atoms with Crippen LogP contribution >= 0.6 is 0 Å². The number of aromatic nitrogens is 2. The summed E-state index contributed by atoms with van der Waals surface area (Å²) >= 11 is 0. The fraction of sp³-hybridized carbons (Fsp3) is 0.0909. The van der Waals surface area contributed by atoms with Gasteiger partial charge in [0.1, 0.15) is 11.5 Å². The molecule has 0 unspecified atom stereocenters. The first-order valence-corrected chi connectivity index (χ1v) is 32.7. The molecule has 2 aromatic heterocycles. The van der Waals surface area contributed by atoms with Crippen LogP contribution in [0.5, 0.6) is 11.5 Å². The van der Waals surface area contributed by atoms with Crippen molar-refractivity contribution in [1.82, 2.24) is 9.13 Å². The van der Waals surface area contributed by atoms with Gasteiger partial charge in [0, 0.05) is 61.9 Å². The normalized spacial score (nSPS) is 12.9. The van der Waals surface area contributed by atoms with Gasteiger partial charge in [0.25, 0.3) is 6.71 Å². The molecule has 0 saturated carbocycles. The average Bonchev–Trinajstić information content (AvgIpc) is 0.874. The number of rotatable bonds is 7. The van der Waals surface area contributed by atoms with Crippen LogP contribution in [0.3, 0.4) is 0 Å². The fourth-order valence-corrected chi connectivity index (χ4v) is 15.7. The molecule has 0 saturated heterocycles. The van der Waals surface area contributed by atoms with E-state index in [1.807, 2.05) is 0 Å². The van der Waals surface area contributed by atoms with Crippen molar-refractivity contribution in [2.45, 2.75) is 52.4 Å². The predicted molar refractivity (Wildman–Crippen MR) is 395 cm³/mol. The number of hydrogen-bond donors (Lipinski definition) is 0. The minimum absolute atomic E-state index is 0.0256. The number of para-hydroxylation sites is 3. The molecular formula is C88H66BN3O. The van der Waals surface area contributed by atoms with Gasteiger partial charge >= 0.3 is 0 Å². The Bertz CT molecular complexity index is 5510. The summed E-state index contributed by atoms with van der Waals surface area (Å²) in [4.78, 5) is 2.62. The molecule has 0 aliphatic carbocycles. The molecule has 442 valence electrons. The fourth-order valence-electron chi connectivity index (χ4n) is 15.7. The van der Waals surface area contributed by atoms with Crippen LogP contribution in [0, 0.1) is 0 Å². The zero-order valence-corrected chi connectivity index (χ0v) is 53.0. The summed E-state index contributed by atoms with van der Waals surface area (Å²) in [6.07, 6.45) is 0. The lowest BCUT2D eigenvalue weighted by molar-refractivity contribution is 0.487. The van der Waals surface area contributed by atoms with Crippen molar-refractivity contribution in [3.05, 3.63) is 302 Å². The molecule has 0 atom stereocenters. The Morgan fingerprint density at radius 3 is 1.27 bits per heavy atom. The van der Waals surface area contributed by atoms with E-state index in [0.717, 1.165) is 89.7 Å². The van der Waals surface area contributed by atoms with Crippen molar-refractivity contribution < 1.29 is 4.74 Å². The lowest BCUT2D eigenvalue weighted by Gasteiger charge is -2.42. The van der Waals surface area contributed by atoms with Gasteiger partial charge in [0.15, 0.2) is 0 Å². The first-order chi connectivity index (χ1) is 45.4. The molecule has 2 aliphatic heterocycles. The first kappa shape index (κ1) is 54.8. The van der Waals surface area contributed by atoms with Gasteiger partial charge in [-0.15, -0.1) is 0 Å². The second-order valence-corrected chi connectivity index (χ2v) is 27.6. The van der Waals surface area contributed by atoms with Gasteiger partial charge in [0.2, 0.25) is 0 Å². The maximum Gasteiger partial charge on any atom is 0.256 e. The molecule has 0 amide bonds. The van der Waals surface area contributed by atoms with E-state index in [4.69, 9.17) is 4.74 Å². The van der Waals surface area contributed by atoms with Gasteiger partial charge in [-0.3, -0.25) is 0 Å². The van der Waals surface area contributed by atoms with E-state index >= 15 is 0 Å². The number of anilines is 3. The zero-order chi connectivity index (χ0) is 62.4. The lowest BCUT2D eigenvalue weighted by atomic mass is 9.34. The van der Waals surface area contributed by atoms with Crippen LogP contribution in [0.25, 0.3) is 121 Å². The van der Waals surface area contributed by atoms with Crippen LogP contribution in [0.2, 0.25) is 0 Å². The third kappa shape index (κ3) is 8.53. The molecule has 0 fully saturated rings. The highest BCUT2D eigenvalue weighted by Gasteiger charge is 2.44. The van der Waals surface area contributed by atoms with Crippen LogP contribution in [0.4, 0.5) is 17.1 Å². The van der Waals surface area contributed by atoms with E-state index in [2.05, 4.69) is 347 Å². The van der Waals surface area contributed by atoms with Crippen molar-refractivity contribution in [3.63, 3.8) is 0 Å². The smallest absolute Gasteiger partial charge is 0.256 e. The number of benzene rings is 14. The Hall–Kier alpha value is -11.1. The quantitative estimate of drug-likeness (QED) is 0.117. The third-order valence-corrected chi connectivity index (χ3v) is 20.1. The van der Waals surface area contributed by atoms with Gasteiger partial charge < -0.3 is 18.8 Å². The maximum atomic E-state index is 7.79. The first-order valence-electron chi connectivity index (χ1n) is 32.7. The van der Waals surface area contributed by atoms with Gasteiger partial charge in [-0.1, -0.05) is 266 Å². The molecule has 16 aromatic rings. The maximum absolute atomic E-state index is 7.79. The van der Waals surface area contributed by atoms with Crippen LogP contribution < -0.4 is 26.0 Å². The van der Waals surface area contributed by atoms with E-state index in [1.54, 1.807) is 0 Å². The summed E-state index contributed by atoms with van der Waals surface area (Å²) in [6, 6.07) is 109. The highest BCUT2D eigenvalue weighted by molar-refractivity contribution is 6.99. The standard InChI is InChI=1S/C88H66BN3O/c1-87(2,3)59-42-47-77-71(50-59)72-51-60(88(4,5)6)43-48-78(72)90(77)61-44-46-74-81(53-61)93-82-54-62(91-75-39-22-20-31-65(75)66-32-21-23-40-76(66)91)52-80-85(82)89(74)73-45-41-58(84-69-35-18-16-33-67(69)83(57-29-14-9-15-30-57)68-34-17-19-36-70(68)84)49-79(73)92(80)86-63(55-25-10-7-11-26-55)37-24-38-64(86)56-27-12-8-13-28-56/h7-54H,1-6H3. The molecule has 0 bridgehead atoms. The minimum Gasteiger partial charge on any atom is -0.458 e. The molecule has 93 heavy (non-hydrogen) atoms. The Kier molecular flexibility index (Phi) is 12.2. The van der Waals surface area contributed by atoms with Crippen LogP contribution in [0.15, 0.2) is 291 Å². The number of nitrogens with zero attached hydrogens (tertiary/aromatic N) is 3. The monoisotopic (exact) mass is 1190 g/mol. The van der Waals surface area contributed by atoms with Gasteiger partial charge in [-0.25, -0.2) is 0 Å². The van der Waals surface area contributed by atoms with Crippen molar-refractivity contribution in [1.29, 1.82) is 0 Å². The summed E-state index contributed by atoms with van der Waals surface area (Å²) in [7, 11) is 0. The van der Waals surface area contributed by atoms with E-state index < -0.39 is 0 Å². The summed E-state index contributed by atoms with van der Waals surface area (Å²) < 4.78 is 12.7. The summed E-state index contributed by atoms with van der Waals surface area (Å²) in [5.74, 6) is 1.67. The summed E-state index contributed by atoms with van der Waals surface area (Å²) in [5, 5.41) is 9.78. The van der Waals surface area contributed by atoms with Gasteiger partial charge in [-0.2, -0.15) is 0 Å². The van der Waals surface area contributed by atoms with Crippen LogP contribution in [0.1, 0.15) is 52.7 Å². The highest BCUT2D eigenvalue weighted by Crippen LogP contribution is 2.52. The molecule has 2 aliphatic rings. The third-order valence-electron chi connectivity index (χ3n) is 20.1. The number of ether oxygens (including phenoxy) is 1. The Morgan fingerprint density at radius 2 is 0.742 bits per heavy atom. The van der Waals surface area contributed by atoms with Crippen LogP contribution in [-0.2, 0) is 10.8 Å². The zero-order valence-electron chi connectivity index (χ0n) is 53.0. The number of hydrogen-bond acceptors (Lipinski definition) is 2. The molecule has 5 heteroatoms. The minimum atomic E-state index is -0.222. The molecular weight excluding hydrogens is 1130 g/mol. The molecule has 0 radical (unpaired) electrons. The molecule has 0 spiro atoms. The van der Waals surface area contributed by atoms with Crippen molar-refractivity contribution in [3.8, 4) is 67.4 Å². The van der Waals surface area contributed by atoms with E-state index in [9.17, 15) is 0 Å². The Balaban J connectivity index is 0.958. The van der Waals surface area contributed by atoms with E-state index in [-0.39, 0.29) is 17.5 Å². The molecule has 0 N–H and O–H groups in total. The average molecular weight is 1190 g/mol. The molecule has 18 rings (SSSR count). The molecule has 4 heterocycles. The molecule has 4 nitrogen and oxygen atoms in total. The SMILES string of the molecule is CC(C)(C)c1ccc2c(c1)c1cc(C(C)(C)C)ccc1n2-c1ccc2c(c1)Oc1cc(-n3c4ccccc4c4ccccc43)cc3c1B2c1ccc(-c2c4ccccc4c(-c4ccccc4)c4ccccc24)cc1N3c1c(-c2ccccc2)cccc1-c1ccccc1. The largest absolute Gasteiger partial charge is 0.458 e. The Morgan fingerprint density at radius 1 is 0.301 bits per heavy atom. The number of fused-ring (bicyclic) bond motifs is 12. The Labute approximate surface area is 542 Å². The van der Waals surface area contributed by atoms with Crippen molar-refractivity contribution in [2.24, 2.45) is 0 Å². The summed E-state index contributed by atoms with van der Waals surface area (Å²) in [6.45, 7) is 13.6. The topological polar surface area (TPSA) is 22.3 Å². The van der Waals surface area contributed by atoms with E-state index in [1.165, 1.54) is 87.4 Å². The van der Waals surface area contributed by atoms with E-state index in [0.29, 0.717) is 0 Å². The van der Waals surface area contributed by atoms with Crippen molar-refractivity contribution >= 4 is 105 Å². The molecule has 14 aromatic carbocycles. The summed E-state index contributed by atoms with van der Waals surface area (Å²) in [5.41, 5.74) is 25.3. The van der Waals surface area contributed by atoms with Crippen molar-refractivity contribution in [2.75, 3.05) is 4.90 Å². The highest BCUT2D eigenvalue weighted by atomic mass is 16.5. The second-order valence-electron chi connectivity index (χ2n) is 27.6.